The minimum Gasteiger partial charge on any atom is -0.486 e. The van der Waals surface area contributed by atoms with E-state index >= 15 is 0 Å². The summed E-state index contributed by atoms with van der Waals surface area (Å²) < 4.78 is 22.7. The topological polar surface area (TPSA) is 88.5 Å². The van der Waals surface area contributed by atoms with Crippen molar-refractivity contribution in [2.45, 2.75) is 9.79 Å². The summed E-state index contributed by atoms with van der Waals surface area (Å²) in [5.74, 6) is 3.94. The monoisotopic (exact) mass is 425 g/mol. The van der Waals surface area contributed by atoms with Gasteiger partial charge >= 0.3 is 0 Å². The van der Waals surface area contributed by atoms with Crippen LogP contribution in [0.15, 0.2) is 28.1 Å². The fraction of sp³-hybridized carbons (Fsp3) is 0.263. The van der Waals surface area contributed by atoms with Gasteiger partial charge < -0.3 is 18.9 Å². The van der Waals surface area contributed by atoms with Crippen molar-refractivity contribution in [2.24, 2.45) is 0 Å². The van der Waals surface area contributed by atoms with Crippen LogP contribution >= 0.6 is 23.5 Å². The van der Waals surface area contributed by atoms with Crippen LogP contribution in [0, 0.1) is 6.20 Å². The quantitative estimate of drug-likeness (QED) is 0.610. The zero-order valence-electron chi connectivity index (χ0n) is 15.0. The maximum atomic E-state index is 5.89. The van der Waals surface area contributed by atoms with E-state index in [-0.39, 0.29) is 0 Å². The number of pyridine rings is 2. The molecule has 0 saturated heterocycles. The van der Waals surface area contributed by atoms with E-state index in [0.29, 0.717) is 66.0 Å². The van der Waals surface area contributed by atoms with Crippen LogP contribution in [0.25, 0.3) is 22.6 Å². The summed E-state index contributed by atoms with van der Waals surface area (Å²) in [6.07, 6.45) is 4.78. The molecule has 3 aromatic heterocycles. The Kier molecular flexibility index (Phi) is 4.12. The van der Waals surface area contributed by atoms with Crippen LogP contribution in [-0.2, 0) is 0 Å². The maximum absolute atomic E-state index is 5.89. The standard InChI is InChI=1S/C19H13N4O4S2/c1-2-25-14-8-20-12(5-13(14)24-1)16-17-18(29-9-27-17)10(7-21-16)11-6-15-19(23-22-11)26-3-4-28-15/h5-6,8H,1-4,9H2. The van der Waals surface area contributed by atoms with Gasteiger partial charge in [-0.3, -0.25) is 4.98 Å². The van der Waals surface area contributed by atoms with Gasteiger partial charge in [-0.1, -0.05) is 11.8 Å². The molecule has 3 aromatic rings. The van der Waals surface area contributed by atoms with Crippen LogP contribution in [0.2, 0.25) is 0 Å². The van der Waals surface area contributed by atoms with Crippen molar-refractivity contribution in [3.63, 3.8) is 0 Å². The highest BCUT2D eigenvalue weighted by Gasteiger charge is 2.27. The van der Waals surface area contributed by atoms with Crippen LogP contribution in [-0.4, -0.2) is 51.7 Å². The van der Waals surface area contributed by atoms with Gasteiger partial charge in [0.2, 0.25) is 5.88 Å². The molecular formula is C19H13N4O4S2. The Morgan fingerprint density at radius 2 is 1.83 bits per heavy atom. The molecule has 0 N–H and O–H groups in total. The molecule has 0 unspecified atom stereocenters. The lowest BCUT2D eigenvalue weighted by Crippen LogP contribution is -2.15. The number of hydrogen-bond donors (Lipinski definition) is 0. The van der Waals surface area contributed by atoms with E-state index in [1.54, 1.807) is 29.7 Å². The highest BCUT2D eigenvalue weighted by atomic mass is 32.2. The predicted molar refractivity (Wildman–Crippen MR) is 106 cm³/mol. The first-order chi connectivity index (χ1) is 14.4. The number of ether oxygens (including phenoxy) is 4. The lowest BCUT2D eigenvalue weighted by Gasteiger charge is -2.18. The summed E-state index contributed by atoms with van der Waals surface area (Å²) in [6.45, 7) is 1.68. The van der Waals surface area contributed by atoms with Gasteiger partial charge in [-0.25, -0.2) is 4.98 Å². The summed E-state index contributed by atoms with van der Waals surface area (Å²) in [7, 11) is 0. The first-order valence-electron chi connectivity index (χ1n) is 8.98. The highest BCUT2D eigenvalue weighted by molar-refractivity contribution is 7.99. The van der Waals surface area contributed by atoms with Gasteiger partial charge in [-0.15, -0.1) is 22.0 Å². The Labute approximate surface area is 174 Å². The summed E-state index contributed by atoms with van der Waals surface area (Å²) >= 11 is 3.29. The molecule has 1 radical (unpaired) electrons. The smallest absolute Gasteiger partial charge is 0.247 e. The molecule has 6 heterocycles. The molecule has 6 rings (SSSR count). The van der Waals surface area contributed by atoms with Crippen LogP contribution in [0.4, 0.5) is 0 Å². The Morgan fingerprint density at radius 1 is 0.897 bits per heavy atom. The minimum atomic E-state index is 0.496. The van der Waals surface area contributed by atoms with Gasteiger partial charge in [0.05, 0.1) is 34.0 Å². The number of nitrogens with zero attached hydrogens (tertiary/aromatic N) is 4. The molecule has 0 fully saturated rings. The second kappa shape index (κ2) is 6.96. The lowest BCUT2D eigenvalue weighted by molar-refractivity contribution is 0.171. The average Bonchev–Trinajstić information content (AvgIpc) is 3.28. The largest absolute Gasteiger partial charge is 0.486 e. The number of hydrogen-bond acceptors (Lipinski definition) is 10. The maximum Gasteiger partial charge on any atom is 0.247 e. The van der Waals surface area contributed by atoms with Gasteiger partial charge in [-0.2, -0.15) is 0 Å². The molecule has 0 bridgehead atoms. The van der Waals surface area contributed by atoms with Crippen LogP contribution in [0.1, 0.15) is 0 Å². The third kappa shape index (κ3) is 2.94. The fourth-order valence-corrected chi connectivity index (χ4v) is 4.94. The van der Waals surface area contributed by atoms with Crippen molar-refractivity contribution in [1.29, 1.82) is 0 Å². The van der Waals surface area contributed by atoms with Gasteiger partial charge in [0.15, 0.2) is 17.2 Å². The zero-order chi connectivity index (χ0) is 19.2. The predicted octanol–water partition coefficient (Wildman–Crippen LogP) is 3.10. The number of fused-ring (bicyclic) bond motifs is 3. The second-order valence-corrected chi connectivity index (χ2v) is 8.39. The SMILES string of the molecule is [c]1nc(-c2cc3c(cn2)OCCO3)c2c(c1-c1cc3c(nn1)OCCS3)SCO2. The van der Waals surface area contributed by atoms with E-state index in [4.69, 9.17) is 18.9 Å². The average molecular weight is 425 g/mol. The number of aromatic nitrogens is 4. The third-order valence-electron chi connectivity index (χ3n) is 4.57. The van der Waals surface area contributed by atoms with Gasteiger partial charge in [-0.05, 0) is 6.07 Å². The molecule has 0 amide bonds. The molecule has 145 valence electrons. The van der Waals surface area contributed by atoms with Gasteiger partial charge in [0.1, 0.15) is 31.0 Å². The van der Waals surface area contributed by atoms with E-state index in [2.05, 4.69) is 26.4 Å². The number of thioether (sulfide) groups is 2. The summed E-state index contributed by atoms with van der Waals surface area (Å²) in [4.78, 5) is 10.9. The van der Waals surface area contributed by atoms with Crippen molar-refractivity contribution < 1.29 is 18.9 Å². The Balaban J connectivity index is 1.44. The van der Waals surface area contributed by atoms with Crippen molar-refractivity contribution >= 4 is 23.5 Å². The molecule has 0 aromatic carbocycles. The molecule has 0 saturated carbocycles. The van der Waals surface area contributed by atoms with Crippen molar-refractivity contribution in [1.82, 2.24) is 20.2 Å². The van der Waals surface area contributed by atoms with Crippen molar-refractivity contribution in [2.75, 3.05) is 31.5 Å². The van der Waals surface area contributed by atoms with E-state index in [1.165, 1.54) is 0 Å². The molecule has 10 heteroatoms. The van der Waals surface area contributed by atoms with E-state index in [9.17, 15) is 0 Å². The summed E-state index contributed by atoms with van der Waals surface area (Å²) in [5.41, 5.74) is 2.74. The van der Waals surface area contributed by atoms with E-state index < -0.39 is 0 Å². The molecule has 3 aliphatic rings. The molecule has 0 spiro atoms. The first-order valence-corrected chi connectivity index (χ1v) is 10.9. The molecule has 8 nitrogen and oxygen atoms in total. The lowest BCUT2D eigenvalue weighted by atomic mass is 10.1. The Morgan fingerprint density at radius 3 is 2.79 bits per heavy atom. The summed E-state index contributed by atoms with van der Waals surface area (Å²) in [6, 6.07) is 3.80. The van der Waals surface area contributed by atoms with E-state index in [1.807, 2.05) is 12.1 Å². The highest BCUT2D eigenvalue weighted by Crippen LogP contribution is 2.48. The molecule has 0 atom stereocenters. The van der Waals surface area contributed by atoms with Crippen LogP contribution in [0.5, 0.6) is 23.1 Å². The Hall–Kier alpha value is -2.72. The molecule has 3 aliphatic heterocycles. The van der Waals surface area contributed by atoms with Gasteiger partial charge in [0, 0.05) is 17.4 Å². The number of rotatable bonds is 2. The molecular weight excluding hydrogens is 412 g/mol. The fourth-order valence-electron chi connectivity index (χ4n) is 3.26. The molecule has 0 aliphatic carbocycles. The second-order valence-electron chi connectivity index (χ2n) is 6.32. The normalized spacial score (nSPS) is 16.4. The van der Waals surface area contributed by atoms with Crippen molar-refractivity contribution in [3.05, 3.63) is 24.5 Å². The first kappa shape index (κ1) is 17.2. The van der Waals surface area contributed by atoms with Crippen LogP contribution in [0.3, 0.4) is 0 Å². The van der Waals surface area contributed by atoms with Crippen molar-refractivity contribution in [3.8, 4) is 45.8 Å². The summed E-state index contributed by atoms with van der Waals surface area (Å²) in [5, 5.41) is 8.54. The Bertz CT molecular complexity index is 1040. The minimum absolute atomic E-state index is 0.496. The van der Waals surface area contributed by atoms with E-state index in [0.717, 1.165) is 21.1 Å². The van der Waals surface area contributed by atoms with Crippen LogP contribution < -0.4 is 18.9 Å². The molecule has 29 heavy (non-hydrogen) atoms. The zero-order valence-corrected chi connectivity index (χ0v) is 16.6. The van der Waals surface area contributed by atoms with Gasteiger partial charge in [0.25, 0.3) is 0 Å². The third-order valence-corrected chi connectivity index (χ3v) is 6.46.